The topological polar surface area (TPSA) is 67.4 Å². The van der Waals surface area contributed by atoms with E-state index in [1.54, 1.807) is 0 Å². The summed E-state index contributed by atoms with van der Waals surface area (Å²) in [6.45, 7) is 5.51. The number of carbonyl (C=O) groups excluding carboxylic acids is 2. The highest BCUT2D eigenvalue weighted by Gasteiger charge is 2.17. The van der Waals surface area contributed by atoms with E-state index < -0.39 is 12.0 Å². The van der Waals surface area contributed by atoms with E-state index in [-0.39, 0.29) is 11.7 Å². The molecule has 1 atom stereocenters. The number of hydrogen-bond acceptors (Lipinski definition) is 4. The van der Waals surface area contributed by atoms with Crippen molar-refractivity contribution in [3.63, 3.8) is 0 Å². The van der Waals surface area contributed by atoms with Crippen LogP contribution < -0.4 is 15.6 Å². The first kappa shape index (κ1) is 17.9. The number of benzene rings is 1. The molecule has 0 spiro atoms. The van der Waals surface area contributed by atoms with Crippen molar-refractivity contribution in [1.29, 1.82) is 0 Å². The summed E-state index contributed by atoms with van der Waals surface area (Å²) in [4.78, 5) is 25.6. The molecule has 0 aliphatic carbocycles. The van der Waals surface area contributed by atoms with E-state index in [2.05, 4.69) is 10.9 Å². The zero-order chi connectivity index (χ0) is 17.7. The summed E-state index contributed by atoms with van der Waals surface area (Å²) < 4.78 is 18.2. The molecule has 0 fully saturated rings. The van der Waals surface area contributed by atoms with Gasteiger partial charge in [0.1, 0.15) is 11.6 Å². The van der Waals surface area contributed by atoms with Gasteiger partial charge in [0.25, 0.3) is 11.8 Å². The Morgan fingerprint density at radius 2 is 1.92 bits per heavy atom. The number of hydrogen-bond donors (Lipinski definition) is 2. The summed E-state index contributed by atoms with van der Waals surface area (Å²) in [7, 11) is 0. The van der Waals surface area contributed by atoms with Crippen LogP contribution in [0.15, 0.2) is 30.3 Å². The maximum Gasteiger partial charge on any atom is 0.279 e. The second-order valence-corrected chi connectivity index (χ2v) is 6.46. The Morgan fingerprint density at radius 3 is 2.50 bits per heavy atom. The molecule has 0 radical (unpaired) electrons. The number of halogens is 1. The molecule has 24 heavy (non-hydrogen) atoms. The molecule has 0 saturated carbocycles. The Balaban J connectivity index is 1.87. The van der Waals surface area contributed by atoms with E-state index in [1.165, 1.54) is 42.5 Å². The Bertz CT molecular complexity index is 728. The number of carbonyl (C=O) groups is 2. The quantitative estimate of drug-likeness (QED) is 0.815. The van der Waals surface area contributed by atoms with E-state index in [0.29, 0.717) is 10.6 Å². The Labute approximate surface area is 143 Å². The van der Waals surface area contributed by atoms with Crippen LogP contribution in [0.1, 0.15) is 34.0 Å². The van der Waals surface area contributed by atoms with Gasteiger partial charge in [-0.2, -0.15) is 0 Å². The third-order valence-corrected chi connectivity index (χ3v) is 4.51. The van der Waals surface area contributed by atoms with Gasteiger partial charge in [0, 0.05) is 4.88 Å². The lowest BCUT2D eigenvalue weighted by atomic mass is 10.2. The lowest BCUT2D eigenvalue weighted by molar-refractivity contribution is -0.128. The van der Waals surface area contributed by atoms with Crippen molar-refractivity contribution in [2.45, 2.75) is 33.3 Å². The monoisotopic (exact) mass is 350 g/mol. The van der Waals surface area contributed by atoms with Crippen molar-refractivity contribution >= 4 is 23.2 Å². The van der Waals surface area contributed by atoms with E-state index in [0.717, 1.165) is 16.9 Å². The molecule has 1 aromatic heterocycles. The number of thiophene rings is 1. The summed E-state index contributed by atoms with van der Waals surface area (Å²) in [6, 6.07) is 7.16. The van der Waals surface area contributed by atoms with E-state index in [1.807, 2.05) is 19.9 Å². The molecule has 0 saturated heterocycles. The minimum atomic E-state index is -0.841. The highest BCUT2D eigenvalue weighted by atomic mass is 32.1. The predicted molar refractivity (Wildman–Crippen MR) is 90.5 cm³/mol. The fourth-order valence-corrected chi connectivity index (χ4v) is 3.04. The van der Waals surface area contributed by atoms with E-state index >= 15 is 0 Å². The molecule has 2 aromatic rings. The third-order valence-electron chi connectivity index (χ3n) is 3.42. The summed E-state index contributed by atoms with van der Waals surface area (Å²) in [5.74, 6) is -0.891. The molecule has 2 N–H and O–H groups in total. The SMILES string of the molecule is CCc1cc(C(=O)NNC(=O)[C@@H](C)Oc2ccc(F)cc2)sc1C. The van der Waals surface area contributed by atoms with Crippen LogP contribution in [0.4, 0.5) is 4.39 Å². The molecule has 1 aromatic carbocycles. The fourth-order valence-electron chi connectivity index (χ4n) is 2.04. The number of rotatable bonds is 5. The second kappa shape index (κ2) is 7.92. The maximum atomic E-state index is 12.8. The molecule has 1 heterocycles. The molecule has 5 nitrogen and oxygen atoms in total. The minimum Gasteiger partial charge on any atom is -0.481 e. The molecular weight excluding hydrogens is 331 g/mol. The summed E-state index contributed by atoms with van der Waals surface area (Å²) in [5.41, 5.74) is 5.81. The van der Waals surface area contributed by atoms with Crippen LogP contribution in [0.25, 0.3) is 0 Å². The Morgan fingerprint density at radius 1 is 1.25 bits per heavy atom. The molecule has 0 unspecified atom stereocenters. The van der Waals surface area contributed by atoms with Gasteiger partial charge in [0.15, 0.2) is 6.10 Å². The van der Waals surface area contributed by atoms with Gasteiger partial charge in [-0.05, 0) is 56.2 Å². The normalized spacial score (nSPS) is 11.7. The zero-order valence-electron chi connectivity index (χ0n) is 13.7. The van der Waals surface area contributed by atoms with Crippen LogP contribution in [0, 0.1) is 12.7 Å². The third kappa shape index (κ3) is 4.55. The van der Waals surface area contributed by atoms with Gasteiger partial charge in [-0.3, -0.25) is 20.4 Å². The second-order valence-electron chi connectivity index (χ2n) is 5.20. The van der Waals surface area contributed by atoms with Crippen molar-refractivity contribution in [2.75, 3.05) is 0 Å². The standard InChI is InChI=1S/C17H19FN2O3S/c1-4-12-9-15(24-11(12)3)17(22)20-19-16(21)10(2)23-14-7-5-13(18)6-8-14/h5-10H,4H2,1-3H3,(H,19,21)(H,20,22)/t10-/m1/s1. The van der Waals surface area contributed by atoms with Crippen molar-refractivity contribution in [3.05, 3.63) is 51.5 Å². The highest BCUT2D eigenvalue weighted by molar-refractivity contribution is 7.14. The van der Waals surface area contributed by atoms with Gasteiger partial charge < -0.3 is 4.74 Å². The zero-order valence-corrected chi connectivity index (χ0v) is 14.5. The highest BCUT2D eigenvalue weighted by Crippen LogP contribution is 2.21. The van der Waals surface area contributed by atoms with Crippen LogP contribution in [-0.4, -0.2) is 17.9 Å². The first-order valence-electron chi connectivity index (χ1n) is 7.52. The van der Waals surface area contributed by atoms with Crippen molar-refractivity contribution in [3.8, 4) is 5.75 Å². The molecule has 2 rings (SSSR count). The molecule has 128 valence electrons. The van der Waals surface area contributed by atoms with Crippen molar-refractivity contribution < 1.29 is 18.7 Å². The molecule has 2 amide bonds. The van der Waals surface area contributed by atoms with Crippen molar-refractivity contribution in [2.24, 2.45) is 0 Å². The average molecular weight is 350 g/mol. The smallest absolute Gasteiger partial charge is 0.279 e. The van der Waals surface area contributed by atoms with Crippen LogP contribution in [0.2, 0.25) is 0 Å². The average Bonchev–Trinajstić information content (AvgIpc) is 2.95. The van der Waals surface area contributed by atoms with Crippen LogP contribution in [0.3, 0.4) is 0 Å². The number of aryl methyl sites for hydroxylation is 2. The van der Waals surface area contributed by atoms with Gasteiger partial charge in [-0.25, -0.2) is 4.39 Å². The van der Waals surface area contributed by atoms with Gasteiger partial charge in [-0.1, -0.05) is 6.92 Å². The molecule has 0 aliphatic heterocycles. The van der Waals surface area contributed by atoms with Crippen LogP contribution >= 0.6 is 11.3 Å². The van der Waals surface area contributed by atoms with Crippen LogP contribution in [-0.2, 0) is 11.2 Å². The lowest BCUT2D eigenvalue weighted by Gasteiger charge is -2.14. The number of ether oxygens (including phenoxy) is 1. The molecular formula is C17H19FN2O3S. The van der Waals surface area contributed by atoms with Gasteiger partial charge in [-0.15, -0.1) is 11.3 Å². The largest absolute Gasteiger partial charge is 0.481 e. The minimum absolute atomic E-state index is 0.367. The summed E-state index contributed by atoms with van der Waals surface area (Å²) in [5, 5.41) is 0. The molecule has 0 aliphatic rings. The maximum absolute atomic E-state index is 12.8. The van der Waals surface area contributed by atoms with E-state index in [9.17, 15) is 14.0 Å². The fraction of sp³-hybridized carbons (Fsp3) is 0.294. The Kier molecular flexibility index (Phi) is 5.92. The van der Waals surface area contributed by atoms with Gasteiger partial charge in [0.05, 0.1) is 4.88 Å². The van der Waals surface area contributed by atoms with E-state index in [4.69, 9.17) is 4.74 Å². The number of amides is 2. The first-order chi connectivity index (χ1) is 11.4. The first-order valence-corrected chi connectivity index (χ1v) is 8.34. The van der Waals surface area contributed by atoms with Crippen LogP contribution in [0.5, 0.6) is 5.75 Å². The molecule has 0 bridgehead atoms. The number of hydrazine groups is 1. The summed E-state index contributed by atoms with van der Waals surface area (Å²) >= 11 is 1.38. The summed E-state index contributed by atoms with van der Waals surface area (Å²) in [6.07, 6.45) is 0.0110. The van der Waals surface area contributed by atoms with Gasteiger partial charge >= 0.3 is 0 Å². The Hall–Kier alpha value is -2.41. The lowest BCUT2D eigenvalue weighted by Crippen LogP contribution is -2.47. The molecule has 7 heteroatoms. The van der Waals surface area contributed by atoms with Gasteiger partial charge in [0.2, 0.25) is 0 Å². The van der Waals surface area contributed by atoms with Crippen molar-refractivity contribution in [1.82, 2.24) is 10.9 Å². The number of nitrogens with one attached hydrogen (secondary N) is 2. The predicted octanol–water partition coefficient (Wildman–Crippen LogP) is 2.99.